The third-order valence-electron chi connectivity index (χ3n) is 2.69. The molecule has 0 aromatic carbocycles. The van der Waals surface area contributed by atoms with Gasteiger partial charge >= 0.3 is 5.97 Å². The molecule has 2 nitrogen and oxygen atoms in total. The Hall–Kier alpha value is -0.670. The van der Waals surface area contributed by atoms with Gasteiger partial charge in [-0.2, -0.15) is 0 Å². The Labute approximate surface area is 62.2 Å². The molecular weight excluding hydrogens is 154 g/mol. The quantitative estimate of drug-likeness (QED) is 0.632. The minimum atomic E-state index is -2.58. The first-order valence-electron chi connectivity index (χ1n) is 3.62. The largest absolute Gasteiger partial charge is 0.481 e. The molecule has 0 bridgehead atoms. The lowest BCUT2D eigenvalue weighted by Crippen LogP contribution is -2.17. The Morgan fingerprint density at radius 3 is 2.18 bits per heavy atom. The first kappa shape index (κ1) is 7.00. The van der Waals surface area contributed by atoms with Gasteiger partial charge in [-0.3, -0.25) is 4.79 Å². The summed E-state index contributed by atoms with van der Waals surface area (Å²) in [6, 6.07) is 0. The smallest absolute Gasteiger partial charge is 0.307 e. The maximum absolute atomic E-state index is 12.5. The van der Waals surface area contributed by atoms with Crippen molar-refractivity contribution in [3.8, 4) is 0 Å². The Morgan fingerprint density at radius 1 is 1.36 bits per heavy atom. The molecule has 0 saturated heterocycles. The van der Waals surface area contributed by atoms with E-state index in [9.17, 15) is 13.6 Å². The monoisotopic (exact) mass is 162 g/mol. The van der Waals surface area contributed by atoms with Crippen LogP contribution in [0.4, 0.5) is 8.78 Å². The van der Waals surface area contributed by atoms with E-state index in [2.05, 4.69) is 0 Å². The normalized spacial score (nSPS) is 45.1. The van der Waals surface area contributed by atoms with E-state index in [-0.39, 0.29) is 24.7 Å². The summed E-state index contributed by atoms with van der Waals surface area (Å²) in [6.07, 6.45) is -0.427. The predicted octanol–water partition coefficient (Wildman–Crippen LogP) is 1.36. The van der Waals surface area contributed by atoms with Crippen molar-refractivity contribution in [1.29, 1.82) is 0 Å². The van der Waals surface area contributed by atoms with Crippen LogP contribution in [0.2, 0.25) is 0 Å². The fourth-order valence-corrected chi connectivity index (χ4v) is 2.14. The van der Waals surface area contributed by atoms with Gasteiger partial charge in [0.25, 0.3) is 0 Å². The van der Waals surface area contributed by atoms with Crippen molar-refractivity contribution in [2.45, 2.75) is 18.8 Å². The molecular formula is C7H8F2O2. The van der Waals surface area contributed by atoms with Gasteiger partial charge in [0.05, 0.1) is 5.92 Å². The third-order valence-corrected chi connectivity index (χ3v) is 2.69. The molecule has 2 unspecified atom stereocenters. The summed E-state index contributed by atoms with van der Waals surface area (Å²) < 4.78 is 24.9. The lowest BCUT2D eigenvalue weighted by atomic mass is 10.1. The van der Waals surface area contributed by atoms with Crippen LogP contribution in [-0.2, 0) is 4.79 Å². The number of fused-ring (bicyclic) bond motifs is 1. The fourth-order valence-electron chi connectivity index (χ4n) is 2.14. The first-order chi connectivity index (χ1) is 5.01. The number of carboxylic acid groups (broad SMARTS) is 1. The molecule has 2 rings (SSSR count). The molecule has 2 aliphatic carbocycles. The number of aliphatic carboxylic acids is 1. The molecule has 2 saturated carbocycles. The maximum atomic E-state index is 12.5. The Balaban J connectivity index is 2.01. The zero-order chi connectivity index (χ0) is 8.22. The topological polar surface area (TPSA) is 37.3 Å². The van der Waals surface area contributed by atoms with E-state index in [1.165, 1.54) is 0 Å². The van der Waals surface area contributed by atoms with Crippen molar-refractivity contribution in [2.24, 2.45) is 17.8 Å². The van der Waals surface area contributed by atoms with E-state index in [0.29, 0.717) is 0 Å². The lowest BCUT2D eigenvalue weighted by molar-refractivity contribution is -0.140. The average Bonchev–Trinajstić information content (AvgIpc) is 2.31. The van der Waals surface area contributed by atoms with Crippen LogP contribution in [0.3, 0.4) is 0 Å². The summed E-state index contributed by atoms with van der Waals surface area (Å²) in [5, 5.41) is 8.48. The van der Waals surface area contributed by atoms with Gasteiger partial charge in [0.1, 0.15) is 0 Å². The number of hydrogen-bond donors (Lipinski definition) is 1. The first-order valence-corrected chi connectivity index (χ1v) is 3.62. The second-order valence-electron chi connectivity index (χ2n) is 3.46. The maximum Gasteiger partial charge on any atom is 0.307 e. The summed E-state index contributed by atoms with van der Waals surface area (Å²) in [4.78, 5) is 10.3. The second-order valence-corrected chi connectivity index (χ2v) is 3.46. The molecule has 62 valence electrons. The Bertz CT molecular complexity index is 200. The molecule has 0 aromatic rings. The van der Waals surface area contributed by atoms with Gasteiger partial charge in [-0.05, 0) is 11.8 Å². The van der Waals surface area contributed by atoms with Crippen LogP contribution in [-0.4, -0.2) is 17.0 Å². The van der Waals surface area contributed by atoms with Gasteiger partial charge in [-0.25, -0.2) is 8.78 Å². The van der Waals surface area contributed by atoms with Crippen molar-refractivity contribution in [1.82, 2.24) is 0 Å². The summed E-state index contributed by atoms with van der Waals surface area (Å²) in [6.45, 7) is 0. The zero-order valence-electron chi connectivity index (χ0n) is 5.76. The lowest BCUT2D eigenvalue weighted by Gasteiger charge is -2.10. The zero-order valence-corrected chi connectivity index (χ0v) is 5.76. The molecule has 0 aromatic heterocycles. The number of alkyl halides is 2. The molecule has 3 atom stereocenters. The molecule has 0 radical (unpaired) electrons. The van der Waals surface area contributed by atoms with Crippen LogP contribution in [0.5, 0.6) is 0 Å². The van der Waals surface area contributed by atoms with Crippen LogP contribution < -0.4 is 0 Å². The summed E-state index contributed by atoms with van der Waals surface area (Å²) in [5.41, 5.74) is 0. The van der Waals surface area contributed by atoms with Gasteiger partial charge in [0.15, 0.2) is 0 Å². The molecule has 11 heavy (non-hydrogen) atoms. The Kier molecular flexibility index (Phi) is 1.10. The fraction of sp³-hybridized carbons (Fsp3) is 0.857. The number of halogens is 2. The summed E-state index contributed by atoms with van der Waals surface area (Å²) in [7, 11) is 0. The molecule has 4 heteroatoms. The van der Waals surface area contributed by atoms with E-state index in [4.69, 9.17) is 5.11 Å². The molecule has 1 N–H and O–H groups in total. The minimum absolute atomic E-state index is 0.214. The summed E-state index contributed by atoms with van der Waals surface area (Å²) >= 11 is 0. The van der Waals surface area contributed by atoms with Crippen molar-refractivity contribution >= 4 is 5.97 Å². The van der Waals surface area contributed by atoms with Gasteiger partial charge in [-0.15, -0.1) is 0 Å². The van der Waals surface area contributed by atoms with Crippen molar-refractivity contribution in [3.63, 3.8) is 0 Å². The van der Waals surface area contributed by atoms with E-state index < -0.39 is 17.8 Å². The van der Waals surface area contributed by atoms with Crippen molar-refractivity contribution < 1.29 is 18.7 Å². The van der Waals surface area contributed by atoms with Gasteiger partial charge in [-0.1, -0.05) is 0 Å². The number of carbonyl (C=O) groups is 1. The highest BCUT2D eigenvalue weighted by molar-refractivity contribution is 5.74. The number of hydrogen-bond acceptors (Lipinski definition) is 1. The molecule has 0 heterocycles. The van der Waals surface area contributed by atoms with Crippen molar-refractivity contribution in [3.05, 3.63) is 0 Å². The minimum Gasteiger partial charge on any atom is -0.481 e. The highest BCUT2D eigenvalue weighted by Crippen LogP contribution is 2.62. The average molecular weight is 162 g/mol. The van der Waals surface area contributed by atoms with Crippen molar-refractivity contribution in [2.75, 3.05) is 0 Å². The SMILES string of the molecule is O=C(O)C1C2CC(F)(F)C[C@H]21. The van der Waals surface area contributed by atoms with Crippen LogP contribution in [0.15, 0.2) is 0 Å². The highest BCUT2D eigenvalue weighted by Gasteiger charge is 2.65. The molecule has 0 amide bonds. The van der Waals surface area contributed by atoms with Crippen LogP contribution in [0.1, 0.15) is 12.8 Å². The number of carboxylic acids is 1. The number of rotatable bonds is 1. The van der Waals surface area contributed by atoms with Crippen LogP contribution >= 0.6 is 0 Å². The van der Waals surface area contributed by atoms with Gasteiger partial charge < -0.3 is 5.11 Å². The molecule has 0 aliphatic heterocycles. The van der Waals surface area contributed by atoms with Gasteiger partial charge in [0.2, 0.25) is 5.92 Å². The standard InChI is InChI=1S/C7H8F2O2/c8-7(9)1-3-4(2-7)5(3)6(10)11/h3-5H,1-2H2,(H,10,11)/t3-,4?,5?/m1/s1. The molecule has 2 fully saturated rings. The predicted molar refractivity (Wildman–Crippen MR) is 32.3 cm³/mol. The summed E-state index contributed by atoms with van der Waals surface area (Å²) in [5.74, 6) is -4.42. The third kappa shape index (κ3) is 0.921. The van der Waals surface area contributed by atoms with Gasteiger partial charge in [0, 0.05) is 12.8 Å². The van der Waals surface area contributed by atoms with E-state index >= 15 is 0 Å². The molecule has 0 spiro atoms. The highest BCUT2D eigenvalue weighted by atomic mass is 19.3. The second kappa shape index (κ2) is 1.73. The van der Waals surface area contributed by atoms with Crippen LogP contribution in [0, 0.1) is 17.8 Å². The van der Waals surface area contributed by atoms with Crippen LogP contribution in [0.25, 0.3) is 0 Å². The van der Waals surface area contributed by atoms with E-state index in [1.54, 1.807) is 0 Å². The van der Waals surface area contributed by atoms with E-state index in [0.717, 1.165) is 0 Å². The molecule has 2 aliphatic rings. The Morgan fingerprint density at radius 2 is 1.82 bits per heavy atom. The van der Waals surface area contributed by atoms with E-state index in [1.807, 2.05) is 0 Å².